The van der Waals surface area contributed by atoms with Crippen LogP contribution in [0.4, 0.5) is 0 Å². The van der Waals surface area contributed by atoms with Crippen molar-refractivity contribution in [2.75, 3.05) is 7.11 Å². The Bertz CT molecular complexity index is 879. The van der Waals surface area contributed by atoms with E-state index in [0.29, 0.717) is 11.6 Å². The summed E-state index contributed by atoms with van der Waals surface area (Å²) < 4.78 is 34.8. The van der Waals surface area contributed by atoms with Gasteiger partial charge in [-0.05, 0) is 49.9 Å². The van der Waals surface area contributed by atoms with Gasteiger partial charge in [0.05, 0.1) is 23.9 Å². The van der Waals surface area contributed by atoms with Crippen LogP contribution >= 0.6 is 0 Å². The third-order valence-corrected chi connectivity index (χ3v) is 7.46. The van der Waals surface area contributed by atoms with Crippen LogP contribution in [0.3, 0.4) is 0 Å². The van der Waals surface area contributed by atoms with Crippen LogP contribution in [0.5, 0.6) is 0 Å². The summed E-state index contributed by atoms with van der Waals surface area (Å²) in [5, 5.41) is 0. The molecule has 138 valence electrons. The first-order valence-corrected chi connectivity index (χ1v) is 10.1. The smallest absolute Gasteiger partial charge is 0.337 e. The predicted octanol–water partition coefficient (Wildman–Crippen LogP) is 2.23. The second kappa shape index (κ2) is 6.51. The summed E-state index contributed by atoms with van der Waals surface area (Å²) in [6.45, 7) is 0. The molecule has 0 aliphatic carbocycles. The van der Waals surface area contributed by atoms with Crippen molar-refractivity contribution in [3.63, 3.8) is 0 Å². The quantitative estimate of drug-likeness (QED) is 0.766. The van der Waals surface area contributed by atoms with Gasteiger partial charge in [0.25, 0.3) is 0 Å². The Kier molecular flexibility index (Phi) is 4.32. The third kappa shape index (κ3) is 2.83. The number of carbonyl (C=O) groups is 1. The maximum atomic E-state index is 13.2. The summed E-state index contributed by atoms with van der Waals surface area (Å²) in [5.41, 5.74) is 0.341. The molecule has 2 aliphatic rings. The van der Waals surface area contributed by atoms with Crippen LogP contribution in [-0.4, -0.2) is 47.4 Å². The molecule has 2 aromatic rings. The fraction of sp³-hybridized carbons (Fsp3) is 0.444. The Morgan fingerprint density at radius 3 is 2.31 bits per heavy atom. The maximum Gasteiger partial charge on any atom is 0.337 e. The number of methoxy groups -OCH3 is 1. The monoisotopic (exact) mass is 375 g/mol. The molecular formula is C18H21N3O4S. The van der Waals surface area contributed by atoms with E-state index in [9.17, 15) is 13.2 Å². The van der Waals surface area contributed by atoms with Crippen molar-refractivity contribution in [2.24, 2.45) is 0 Å². The number of rotatable bonds is 4. The number of aromatic nitrogens is 2. The number of ether oxygens (including phenoxy) is 1. The minimum atomic E-state index is -3.58. The highest BCUT2D eigenvalue weighted by Gasteiger charge is 2.47. The lowest BCUT2D eigenvalue weighted by molar-refractivity contribution is 0.0600. The molecule has 2 fully saturated rings. The predicted molar refractivity (Wildman–Crippen MR) is 94.1 cm³/mol. The topological polar surface area (TPSA) is 81.5 Å². The number of sulfonamides is 1. The molecule has 2 aliphatic heterocycles. The zero-order valence-electron chi connectivity index (χ0n) is 14.5. The fourth-order valence-corrected chi connectivity index (χ4v) is 6.12. The summed E-state index contributed by atoms with van der Waals surface area (Å²) in [4.78, 5) is 15.9. The lowest BCUT2D eigenvalue weighted by Crippen LogP contribution is -2.46. The average molecular weight is 375 g/mol. The molecule has 4 rings (SSSR count). The number of imidazole rings is 1. The first-order valence-electron chi connectivity index (χ1n) is 8.70. The number of hydrogen-bond donors (Lipinski definition) is 0. The molecule has 7 nitrogen and oxygen atoms in total. The van der Waals surface area contributed by atoms with Gasteiger partial charge in [0, 0.05) is 30.5 Å². The van der Waals surface area contributed by atoms with Crippen molar-refractivity contribution in [3.05, 3.63) is 48.5 Å². The van der Waals surface area contributed by atoms with Crippen LogP contribution < -0.4 is 0 Å². The molecule has 1 aromatic carbocycles. The summed E-state index contributed by atoms with van der Waals surface area (Å²) in [7, 11) is -2.28. The molecule has 2 saturated heterocycles. The van der Waals surface area contributed by atoms with Gasteiger partial charge in [-0.2, -0.15) is 4.31 Å². The van der Waals surface area contributed by atoms with E-state index in [4.69, 9.17) is 0 Å². The first kappa shape index (κ1) is 17.2. The molecule has 26 heavy (non-hydrogen) atoms. The summed E-state index contributed by atoms with van der Waals surface area (Å²) in [6, 6.07) is 6.28. The van der Waals surface area contributed by atoms with E-state index in [1.807, 2.05) is 6.20 Å². The van der Waals surface area contributed by atoms with E-state index in [1.54, 1.807) is 16.8 Å². The molecule has 0 spiro atoms. The van der Waals surface area contributed by atoms with Crippen molar-refractivity contribution < 1.29 is 17.9 Å². The maximum absolute atomic E-state index is 13.2. The lowest BCUT2D eigenvalue weighted by atomic mass is 10.00. The summed E-state index contributed by atoms with van der Waals surface area (Å²) in [5.74, 6) is -0.477. The standard InChI is InChI=1S/C18H21N3O4S/c1-25-18(22)13-2-6-17(7-3-13)26(23,24)21-14-4-5-15(21)11-16(10-14)20-9-8-19-12-20/h2-3,6-9,12,14-16H,4-5,10-11H2,1H3. The second-order valence-corrected chi connectivity index (χ2v) is 8.71. The number of benzene rings is 1. The van der Waals surface area contributed by atoms with E-state index in [1.165, 1.54) is 31.4 Å². The molecule has 1 aromatic heterocycles. The van der Waals surface area contributed by atoms with E-state index in [-0.39, 0.29) is 17.0 Å². The minimum absolute atomic E-state index is 0.00596. The normalized spacial score (nSPS) is 26.0. The summed E-state index contributed by atoms with van der Waals surface area (Å²) >= 11 is 0. The van der Waals surface area contributed by atoms with Crippen LogP contribution in [-0.2, 0) is 14.8 Å². The molecule has 8 heteroatoms. The third-order valence-electron chi connectivity index (χ3n) is 5.44. The zero-order valence-corrected chi connectivity index (χ0v) is 15.3. The van der Waals surface area contributed by atoms with Crippen LogP contribution in [0.25, 0.3) is 0 Å². The van der Waals surface area contributed by atoms with Crippen molar-refractivity contribution >= 4 is 16.0 Å². The molecular weight excluding hydrogens is 354 g/mol. The van der Waals surface area contributed by atoms with Crippen LogP contribution in [0, 0.1) is 0 Å². The van der Waals surface area contributed by atoms with Gasteiger partial charge in [0.1, 0.15) is 0 Å². The highest BCUT2D eigenvalue weighted by atomic mass is 32.2. The van der Waals surface area contributed by atoms with Gasteiger partial charge in [-0.25, -0.2) is 18.2 Å². The van der Waals surface area contributed by atoms with Gasteiger partial charge in [-0.15, -0.1) is 0 Å². The molecule has 2 bridgehead atoms. The van der Waals surface area contributed by atoms with Crippen LogP contribution in [0.15, 0.2) is 47.9 Å². The second-order valence-electron chi connectivity index (χ2n) is 6.87. The molecule has 0 amide bonds. The van der Waals surface area contributed by atoms with Crippen LogP contribution in [0.2, 0.25) is 0 Å². The Morgan fingerprint density at radius 1 is 1.12 bits per heavy atom. The Hall–Kier alpha value is -2.19. The highest BCUT2D eigenvalue weighted by molar-refractivity contribution is 7.89. The Morgan fingerprint density at radius 2 is 1.77 bits per heavy atom. The van der Waals surface area contributed by atoms with E-state index in [0.717, 1.165) is 25.7 Å². The Labute approximate surface area is 152 Å². The lowest BCUT2D eigenvalue weighted by Gasteiger charge is -2.38. The van der Waals surface area contributed by atoms with E-state index < -0.39 is 16.0 Å². The van der Waals surface area contributed by atoms with Gasteiger partial charge < -0.3 is 9.30 Å². The van der Waals surface area contributed by atoms with Crippen LogP contribution in [0.1, 0.15) is 42.1 Å². The fourth-order valence-electron chi connectivity index (χ4n) is 4.23. The number of carbonyl (C=O) groups excluding carboxylic acids is 1. The molecule has 2 unspecified atom stereocenters. The largest absolute Gasteiger partial charge is 0.465 e. The minimum Gasteiger partial charge on any atom is -0.465 e. The SMILES string of the molecule is COC(=O)c1ccc(S(=O)(=O)N2C3CCC2CC(n2ccnc2)C3)cc1. The molecule has 0 N–H and O–H groups in total. The zero-order chi connectivity index (χ0) is 18.3. The van der Waals surface area contributed by atoms with Crippen molar-refractivity contribution in [3.8, 4) is 0 Å². The molecule has 3 heterocycles. The number of fused-ring (bicyclic) bond motifs is 2. The number of nitrogens with zero attached hydrogens (tertiary/aromatic N) is 3. The first-order chi connectivity index (χ1) is 12.5. The van der Waals surface area contributed by atoms with Gasteiger partial charge in [-0.3, -0.25) is 0 Å². The van der Waals surface area contributed by atoms with E-state index in [2.05, 4.69) is 14.3 Å². The van der Waals surface area contributed by atoms with Gasteiger partial charge in [0.15, 0.2) is 0 Å². The average Bonchev–Trinajstić information content (AvgIpc) is 3.28. The highest BCUT2D eigenvalue weighted by Crippen LogP contribution is 2.43. The number of piperidine rings is 1. The van der Waals surface area contributed by atoms with Crippen molar-refractivity contribution in [1.82, 2.24) is 13.9 Å². The number of hydrogen-bond acceptors (Lipinski definition) is 5. The van der Waals surface area contributed by atoms with Gasteiger partial charge in [-0.1, -0.05) is 0 Å². The van der Waals surface area contributed by atoms with Crippen molar-refractivity contribution in [2.45, 2.75) is 48.7 Å². The molecule has 0 radical (unpaired) electrons. The molecule has 0 saturated carbocycles. The van der Waals surface area contributed by atoms with Gasteiger partial charge in [0.2, 0.25) is 10.0 Å². The van der Waals surface area contributed by atoms with Crippen molar-refractivity contribution in [1.29, 1.82) is 0 Å². The van der Waals surface area contributed by atoms with E-state index >= 15 is 0 Å². The number of esters is 1. The van der Waals surface area contributed by atoms with Gasteiger partial charge >= 0.3 is 5.97 Å². The summed E-state index contributed by atoms with van der Waals surface area (Å²) in [6.07, 6.45) is 8.87. The Balaban J connectivity index is 1.58. The molecule has 2 atom stereocenters.